The van der Waals surface area contributed by atoms with Gasteiger partial charge in [-0.2, -0.15) is 0 Å². The fourth-order valence-corrected chi connectivity index (χ4v) is 2.84. The predicted molar refractivity (Wildman–Crippen MR) is 79.8 cm³/mol. The zero-order valence-corrected chi connectivity index (χ0v) is 12.3. The third-order valence-corrected chi connectivity index (χ3v) is 3.69. The van der Waals surface area contributed by atoms with Crippen molar-refractivity contribution in [3.63, 3.8) is 0 Å². The lowest BCUT2D eigenvalue weighted by atomic mass is 10.0. The SMILES string of the molecule is NC(=S)c1c(Br)cccc1NC1CCC(=O)NC1=O. The number of nitrogens with one attached hydrogen (secondary N) is 2. The first-order chi connectivity index (χ1) is 8.99. The smallest absolute Gasteiger partial charge is 0.249 e. The molecule has 1 fully saturated rings. The number of benzene rings is 1. The van der Waals surface area contributed by atoms with Crippen molar-refractivity contribution in [2.75, 3.05) is 5.32 Å². The van der Waals surface area contributed by atoms with E-state index in [1.165, 1.54) is 0 Å². The second-order valence-electron chi connectivity index (χ2n) is 4.17. The highest BCUT2D eigenvalue weighted by Crippen LogP contribution is 2.26. The van der Waals surface area contributed by atoms with Gasteiger partial charge in [-0.15, -0.1) is 0 Å². The molecule has 1 aromatic carbocycles. The van der Waals surface area contributed by atoms with Crippen molar-refractivity contribution in [3.8, 4) is 0 Å². The maximum atomic E-state index is 11.7. The number of halogens is 1. The van der Waals surface area contributed by atoms with Crippen molar-refractivity contribution < 1.29 is 9.59 Å². The van der Waals surface area contributed by atoms with E-state index in [0.717, 1.165) is 4.47 Å². The van der Waals surface area contributed by atoms with E-state index in [1.807, 2.05) is 12.1 Å². The molecule has 0 aromatic heterocycles. The van der Waals surface area contributed by atoms with Crippen LogP contribution in [0.2, 0.25) is 0 Å². The van der Waals surface area contributed by atoms with Crippen molar-refractivity contribution in [1.82, 2.24) is 5.32 Å². The van der Waals surface area contributed by atoms with Gasteiger partial charge in [-0.25, -0.2) is 0 Å². The van der Waals surface area contributed by atoms with Gasteiger partial charge >= 0.3 is 0 Å². The molecule has 1 unspecified atom stereocenters. The summed E-state index contributed by atoms with van der Waals surface area (Å²) in [6.07, 6.45) is 0.772. The minimum atomic E-state index is -0.458. The zero-order chi connectivity index (χ0) is 14.0. The van der Waals surface area contributed by atoms with Crippen LogP contribution in [0.15, 0.2) is 22.7 Å². The van der Waals surface area contributed by atoms with E-state index in [9.17, 15) is 9.59 Å². The zero-order valence-electron chi connectivity index (χ0n) is 9.90. The van der Waals surface area contributed by atoms with Gasteiger partial charge in [0, 0.05) is 22.1 Å². The van der Waals surface area contributed by atoms with Crippen LogP contribution in [0.4, 0.5) is 5.69 Å². The molecule has 0 bridgehead atoms. The summed E-state index contributed by atoms with van der Waals surface area (Å²) >= 11 is 8.38. The monoisotopic (exact) mass is 341 g/mol. The lowest BCUT2D eigenvalue weighted by Gasteiger charge is -2.24. The van der Waals surface area contributed by atoms with Gasteiger partial charge in [0.2, 0.25) is 11.8 Å². The van der Waals surface area contributed by atoms with Gasteiger partial charge in [-0.1, -0.05) is 18.3 Å². The molecule has 0 spiro atoms. The Labute approximate surface area is 124 Å². The number of hydrogen-bond donors (Lipinski definition) is 3. The fourth-order valence-electron chi connectivity index (χ4n) is 1.91. The number of carbonyl (C=O) groups is 2. The van der Waals surface area contributed by atoms with Gasteiger partial charge in [0.05, 0.1) is 0 Å². The summed E-state index contributed by atoms with van der Waals surface area (Å²) in [6.45, 7) is 0. The number of piperidine rings is 1. The number of rotatable bonds is 3. The summed E-state index contributed by atoms with van der Waals surface area (Å²) in [6, 6.07) is 4.98. The number of imide groups is 1. The van der Waals surface area contributed by atoms with Crippen molar-refractivity contribution in [3.05, 3.63) is 28.2 Å². The van der Waals surface area contributed by atoms with Crippen LogP contribution in [0.1, 0.15) is 18.4 Å². The molecule has 19 heavy (non-hydrogen) atoms. The molecule has 0 aliphatic carbocycles. The quantitative estimate of drug-likeness (QED) is 0.570. The molecule has 7 heteroatoms. The summed E-state index contributed by atoms with van der Waals surface area (Å²) in [5.74, 6) is -0.572. The van der Waals surface area contributed by atoms with Gasteiger partial charge in [-0.05, 0) is 34.5 Å². The molecule has 5 nitrogen and oxygen atoms in total. The molecule has 0 radical (unpaired) electrons. The number of amides is 2. The highest BCUT2D eigenvalue weighted by Gasteiger charge is 2.27. The van der Waals surface area contributed by atoms with Crippen molar-refractivity contribution in [1.29, 1.82) is 0 Å². The molecule has 1 aliphatic heterocycles. The first kappa shape index (κ1) is 14.0. The molecule has 1 aromatic rings. The summed E-state index contributed by atoms with van der Waals surface area (Å²) in [7, 11) is 0. The van der Waals surface area contributed by atoms with Crippen LogP contribution >= 0.6 is 28.1 Å². The molecule has 0 saturated carbocycles. The van der Waals surface area contributed by atoms with Gasteiger partial charge < -0.3 is 11.1 Å². The van der Waals surface area contributed by atoms with Crippen molar-refractivity contribution in [2.45, 2.75) is 18.9 Å². The third-order valence-electron chi connectivity index (χ3n) is 2.83. The summed E-state index contributed by atoms with van der Waals surface area (Å²) < 4.78 is 0.761. The fraction of sp³-hybridized carbons (Fsp3) is 0.250. The van der Waals surface area contributed by atoms with Gasteiger partial charge in [-0.3, -0.25) is 14.9 Å². The molecular formula is C12H12BrN3O2S. The molecule has 1 heterocycles. The topological polar surface area (TPSA) is 84.2 Å². The second kappa shape index (κ2) is 5.66. The van der Waals surface area contributed by atoms with E-state index < -0.39 is 6.04 Å². The molecule has 1 atom stereocenters. The number of thiocarbonyl (C=S) groups is 1. The Hall–Kier alpha value is -1.47. The van der Waals surface area contributed by atoms with Gasteiger partial charge in [0.1, 0.15) is 11.0 Å². The van der Waals surface area contributed by atoms with Crippen LogP contribution < -0.4 is 16.4 Å². The number of anilines is 1. The molecular weight excluding hydrogens is 330 g/mol. The number of carbonyl (C=O) groups excluding carboxylic acids is 2. The third kappa shape index (κ3) is 3.10. The molecule has 2 amide bonds. The lowest BCUT2D eigenvalue weighted by molar-refractivity contribution is -0.133. The van der Waals surface area contributed by atoms with Crippen LogP contribution in [0.25, 0.3) is 0 Å². The standard InChI is InChI=1S/C12H12BrN3O2S/c13-6-2-1-3-7(10(6)11(14)19)15-8-4-5-9(17)16-12(8)18/h1-3,8,15H,4-5H2,(H2,14,19)(H,16,17,18). The van der Waals surface area contributed by atoms with Crippen molar-refractivity contribution in [2.24, 2.45) is 5.73 Å². The number of nitrogens with two attached hydrogens (primary N) is 1. The Bertz CT molecular complexity index is 562. The first-order valence-corrected chi connectivity index (χ1v) is 6.87. The first-order valence-electron chi connectivity index (χ1n) is 5.67. The molecule has 1 aliphatic rings. The van der Waals surface area contributed by atoms with Gasteiger partial charge in [0.15, 0.2) is 0 Å². The summed E-state index contributed by atoms with van der Waals surface area (Å²) in [4.78, 5) is 23.0. The maximum absolute atomic E-state index is 11.7. The largest absolute Gasteiger partial charge is 0.389 e. The van der Waals surface area contributed by atoms with E-state index in [1.54, 1.807) is 6.07 Å². The minimum absolute atomic E-state index is 0.238. The van der Waals surface area contributed by atoms with Crippen LogP contribution in [-0.2, 0) is 9.59 Å². The average Bonchev–Trinajstić information content (AvgIpc) is 2.32. The minimum Gasteiger partial charge on any atom is -0.389 e. The van der Waals surface area contributed by atoms with E-state index in [4.69, 9.17) is 18.0 Å². The highest BCUT2D eigenvalue weighted by atomic mass is 79.9. The Balaban J connectivity index is 2.24. The van der Waals surface area contributed by atoms with Crippen LogP contribution in [0.5, 0.6) is 0 Å². The molecule has 1 saturated heterocycles. The average molecular weight is 342 g/mol. The molecule has 2 rings (SSSR count). The van der Waals surface area contributed by atoms with Crippen LogP contribution in [0, 0.1) is 0 Å². The van der Waals surface area contributed by atoms with E-state index >= 15 is 0 Å². The Morgan fingerprint density at radius 2 is 2.21 bits per heavy atom. The normalized spacial score (nSPS) is 18.9. The Morgan fingerprint density at radius 3 is 2.84 bits per heavy atom. The van der Waals surface area contributed by atoms with Gasteiger partial charge in [0.25, 0.3) is 0 Å². The predicted octanol–water partition coefficient (Wildman–Crippen LogP) is 1.30. The van der Waals surface area contributed by atoms with Crippen LogP contribution in [-0.4, -0.2) is 22.8 Å². The molecule has 4 N–H and O–H groups in total. The maximum Gasteiger partial charge on any atom is 0.249 e. The van der Waals surface area contributed by atoms with Crippen LogP contribution in [0.3, 0.4) is 0 Å². The summed E-state index contributed by atoms with van der Waals surface area (Å²) in [5, 5.41) is 5.38. The van der Waals surface area contributed by atoms with Crippen molar-refractivity contribution >= 4 is 50.6 Å². The second-order valence-corrected chi connectivity index (χ2v) is 5.47. The molecule has 100 valence electrons. The van der Waals surface area contributed by atoms with E-state index in [0.29, 0.717) is 24.1 Å². The Kier molecular flexibility index (Phi) is 4.16. The van der Waals surface area contributed by atoms with E-state index in [-0.39, 0.29) is 16.8 Å². The lowest BCUT2D eigenvalue weighted by Crippen LogP contribution is -2.47. The van der Waals surface area contributed by atoms with E-state index in [2.05, 4.69) is 26.6 Å². The number of hydrogen-bond acceptors (Lipinski definition) is 4. The highest BCUT2D eigenvalue weighted by molar-refractivity contribution is 9.10. The Morgan fingerprint density at radius 1 is 1.47 bits per heavy atom. The summed E-state index contributed by atoms with van der Waals surface area (Å²) in [5.41, 5.74) is 7.02.